The first kappa shape index (κ1) is 15.0. The van der Waals surface area contributed by atoms with Gasteiger partial charge in [0.1, 0.15) is 6.04 Å². The summed E-state index contributed by atoms with van der Waals surface area (Å²) in [5.41, 5.74) is 0. The van der Waals surface area contributed by atoms with Crippen LogP contribution in [0.15, 0.2) is 0 Å². The molecule has 3 unspecified atom stereocenters. The smallest absolute Gasteiger partial charge is 0.327 e. The molecule has 0 aromatic carbocycles. The minimum absolute atomic E-state index is 0.0542. The molecule has 0 saturated heterocycles. The summed E-state index contributed by atoms with van der Waals surface area (Å²) >= 11 is 0. The normalized spacial score (nSPS) is 16.2. The van der Waals surface area contributed by atoms with E-state index in [1.807, 2.05) is 6.92 Å². The van der Waals surface area contributed by atoms with Gasteiger partial charge in [0.05, 0.1) is 0 Å². The first-order valence-electron chi connectivity index (χ1n) is 4.86. The zero-order valence-corrected chi connectivity index (χ0v) is 10.5. The summed E-state index contributed by atoms with van der Waals surface area (Å²) in [6.45, 7) is 3.20. The summed E-state index contributed by atoms with van der Waals surface area (Å²) in [6.07, 6.45) is 1.58. The number of carbonyl (C=O) groups is 2. The minimum Gasteiger partial charge on any atom is -0.480 e. The molecule has 0 heterocycles. The molecule has 0 aromatic heterocycles. The maximum absolute atomic E-state index is 10.9. The molecule has 3 N–H and O–H groups in total. The zero-order valence-electron chi connectivity index (χ0n) is 9.65. The molecular formula is C9H18N2O4S. The van der Waals surface area contributed by atoms with Crippen LogP contribution in [-0.4, -0.2) is 51.8 Å². The lowest BCUT2D eigenvalue weighted by Gasteiger charge is -2.17. The number of rotatable bonds is 7. The van der Waals surface area contributed by atoms with Crippen LogP contribution in [0.25, 0.3) is 0 Å². The Labute approximate surface area is 97.3 Å². The van der Waals surface area contributed by atoms with Crippen LogP contribution in [0.4, 0.5) is 0 Å². The Morgan fingerprint density at radius 2 is 2.00 bits per heavy atom. The average Bonchev–Trinajstić information content (AvgIpc) is 2.09. The molecule has 7 heteroatoms. The fourth-order valence-corrected chi connectivity index (χ4v) is 2.00. The van der Waals surface area contributed by atoms with E-state index in [-0.39, 0.29) is 18.5 Å². The zero-order chi connectivity index (χ0) is 12.7. The summed E-state index contributed by atoms with van der Waals surface area (Å²) in [5, 5.41) is 14.0. The third kappa shape index (κ3) is 7.36. The third-order valence-electron chi connectivity index (χ3n) is 1.83. The third-order valence-corrected chi connectivity index (χ3v) is 2.80. The van der Waals surface area contributed by atoms with E-state index >= 15 is 0 Å². The molecule has 0 fully saturated rings. The summed E-state index contributed by atoms with van der Waals surface area (Å²) < 4.78 is 10.9. The van der Waals surface area contributed by atoms with Crippen molar-refractivity contribution in [2.45, 2.75) is 25.9 Å². The van der Waals surface area contributed by atoms with E-state index in [9.17, 15) is 13.8 Å². The van der Waals surface area contributed by atoms with Crippen LogP contribution in [0.3, 0.4) is 0 Å². The molecule has 0 aliphatic rings. The van der Waals surface area contributed by atoms with Crippen LogP contribution in [0.2, 0.25) is 0 Å². The number of aliphatic carboxylic acids is 1. The monoisotopic (exact) mass is 250 g/mol. The molecule has 0 bridgehead atoms. The Morgan fingerprint density at radius 1 is 1.44 bits per heavy atom. The highest BCUT2D eigenvalue weighted by Crippen LogP contribution is 1.88. The maximum Gasteiger partial charge on any atom is 0.327 e. The first-order chi connectivity index (χ1) is 7.32. The van der Waals surface area contributed by atoms with Gasteiger partial charge in [0.25, 0.3) is 0 Å². The van der Waals surface area contributed by atoms with Gasteiger partial charge >= 0.3 is 5.97 Å². The van der Waals surface area contributed by atoms with E-state index in [0.717, 1.165) is 0 Å². The van der Waals surface area contributed by atoms with Crippen molar-refractivity contribution in [3.8, 4) is 0 Å². The van der Waals surface area contributed by atoms with Gasteiger partial charge in [0, 0.05) is 42.3 Å². The van der Waals surface area contributed by atoms with Gasteiger partial charge < -0.3 is 15.7 Å². The second kappa shape index (κ2) is 7.34. The predicted octanol–water partition coefficient (Wildman–Crippen LogP) is -1.07. The summed E-state index contributed by atoms with van der Waals surface area (Å²) in [7, 11) is -0.929. The number of nitrogens with one attached hydrogen (secondary N) is 2. The Balaban J connectivity index is 4.06. The average molecular weight is 250 g/mol. The summed E-state index contributed by atoms with van der Waals surface area (Å²) in [5.74, 6) is -1.03. The number of carboxylic acids is 1. The van der Waals surface area contributed by atoms with Crippen LogP contribution in [0.5, 0.6) is 0 Å². The van der Waals surface area contributed by atoms with Crippen molar-refractivity contribution in [2.75, 3.05) is 18.6 Å². The van der Waals surface area contributed by atoms with Crippen LogP contribution in [0, 0.1) is 0 Å². The van der Waals surface area contributed by atoms with Gasteiger partial charge in [0.2, 0.25) is 5.91 Å². The van der Waals surface area contributed by atoms with E-state index in [2.05, 4.69) is 10.6 Å². The molecule has 0 saturated carbocycles. The Morgan fingerprint density at radius 3 is 2.38 bits per heavy atom. The van der Waals surface area contributed by atoms with Crippen LogP contribution in [-0.2, 0) is 20.4 Å². The molecule has 0 radical (unpaired) electrons. The van der Waals surface area contributed by atoms with Crippen molar-refractivity contribution in [3.05, 3.63) is 0 Å². The fraction of sp³-hybridized carbons (Fsp3) is 0.778. The van der Waals surface area contributed by atoms with Gasteiger partial charge in [0.15, 0.2) is 0 Å². The number of hydrogen-bond donors (Lipinski definition) is 3. The Bertz CT molecular complexity index is 283. The SMILES string of the molecule is CC(=O)NC(CNC(C)CS(C)=O)C(=O)O. The first-order valence-corrected chi connectivity index (χ1v) is 6.59. The molecule has 94 valence electrons. The van der Waals surface area contributed by atoms with Gasteiger partial charge in [-0.25, -0.2) is 4.79 Å². The highest BCUT2D eigenvalue weighted by Gasteiger charge is 2.18. The molecule has 16 heavy (non-hydrogen) atoms. The van der Waals surface area contributed by atoms with Crippen molar-refractivity contribution >= 4 is 22.7 Å². The predicted molar refractivity (Wildman–Crippen MR) is 61.6 cm³/mol. The van der Waals surface area contributed by atoms with Gasteiger partial charge in [-0.3, -0.25) is 9.00 Å². The lowest BCUT2D eigenvalue weighted by molar-refractivity contribution is -0.141. The quantitative estimate of drug-likeness (QED) is 0.535. The lowest BCUT2D eigenvalue weighted by atomic mass is 10.2. The van der Waals surface area contributed by atoms with Crippen molar-refractivity contribution in [1.29, 1.82) is 0 Å². The molecule has 0 rings (SSSR count). The standard InChI is InChI=1S/C9H18N2O4S/c1-6(5-16(3)15)10-4-8(9(13)14)11-7(2)12/h6,8,10H,4-5H2,1-3H3,(H,11,12)(H,13,14). The second-order valence-electron chi connectivity index (χ2n) is 3.64. The van der Waals surface area contributed by atoms with Crippen LogP contribution < -0.4 is 10.6 Å². The van der Waals surface area contributed by atoms with Gasteiger partial charge in [-0.1, -0.05) is 0 Å². The summed E-state index contributed by atoms with van der Waals surface area (Å²) in [6, 6.07) is -1.01. The van der Waals surface area contributed by atoms with Gasteiger partial charge in [-0.15, -0.1) is 0 Å². The molecule has 6 nitrogen and oxygen atoms in total. The van der Waals surface area contributed by atoms with Gasteiger partial charge in [-0.05, 0) is 6.92 Å². The summed E-state index contributed by atoms with van der Waals surface area (Å²) in [4.78, 5) is 21.5. The van der Waals surface area contributed by atoms with Crippen molar-refractivity contribution in [2.24, 2.45) is 0 Å². The molecule has 0 spiro atoms. The number of hydrogen-bond acceptors (Lipinski definition) is 4. The molecule has 0 aliphatic heterocycles. The maximum atomic E-state index is 10.9. The van der Waals surface area contributed by atoms with Crippen molar-refractivity contribution in [3.63, 3.8) is 0 Å². The Hall–Kier alpha value is -0.950. The van der Waals surface area contributed by atoms with E-state index in [0.29, 0.717) is 5.75 Å². The van der Waals surface area contributed by atoms with Crippen molar-refractivity contribution < 1.29 is 18.9 Å². The highest BCUT2D eigenvalue weighted by molar-refractivity contribution is 7.84. The molecule has 0 aliphatic carbocycles. The molecular weight excluding hydrogens is 232 g/mol. The number of carboxylic acid groups (broad SMARTS) is 1. The minimum atomic E-state index is -1.09. The van der Waals surface area contributed by atoms with E-state index in [4.69, 9.17) is 5.11 Å². The molecule has 3 atom stereocenters. The van der Waals surface area contributed by atoms with Crippen molar-refractivity contribution in [1.82, 2.24) is 10.6 Å². The largest absolute Gasteiger partial charge is 0.480 e. The lowest BCUT2D eigenvalue weighted by Crippen LogP contribution is -2.49. The topological polar surface area (TPSA) is 95.5 Å². The second-order valence-corrected chi connectivity index (χ2v) is 5.12. The highest BCUT2D eigenvalue weighted by atomic mass is 32.2. The van der Waals surface area contributed by atoms with E-state index in [1.54, 1.807) is 6.26 Å². The Kier molecular flexibility index (Phi) is 6.91. The fourth-order valence-electron chi connectivity index (χ4n) is 1.18. The van der Waals surface area contributed by atoms with Gasteiger partial charge in [-0.2, -0.15) is 0 Å². The molecule has 1 amide bonds. The van der Waals surface area contributed by atoms with Crippen LogP contribution >= 0.6 is 0 Å². The number of carbonyl (C=O) groups excluding carboxylic acids is 1. The van der Waals surface area contributed by atoms with E-state index < -0.39 is 22.8 Å². The van der Waals surface area contributed by atoms with E-state index in [1.165, 1.54) is 6.92 Å². The van der Waals surface area contributed by atoms with Crippen LogP contribution in [0.1, 0.15) is 13.8 Å². The number of amides is 1. The molecule has 0 aromatic rings.